The van der Waals surface area contributed by atoms with Gasteiger partial charge in [-0.2, -0.15) is 10.2 Å². The van der Waals surface area contributed by atoms with Crippen molar-refractivity contribution in [3.63, 3.8) is 0 Å². The molecule has 1 aliphatic heterocycles. The van der Waals surface area contributed by atoms with Crippen LogP contribution in [0.25, 0.3) is 33.7 Å². The van der Waals surface area contributed by atoms with Crippen LogP contribution in [0.3, 0.4) is 0 Å². The van der Waals surface area contributed by atoms with Crippen molar-refractivity contribution in [1.29, 1.82) is 0 Å². The fourth-order valence-electron chi connectivity index (χ4n) is 4.65. The van der Waals surface area contributed by atoms with Crippen LogP contribution < -0.4 is 10.1 Å². The van der Waals surface area contributed by atoms with E-state index in [1.54, 1.807) is 17.1 Å². The summed E-state index contributed by atoms with van der Waals surface area (Å²) < 4.78 is 12.3. The van der Waals surface area contributed by atoms with Crippen LogP contribution in [-0.2, 0) is 13.6 Å². The third-order valence-corrected chi connectivity index (χ3v) is 6.68. The lowest BCUT2D eigenvalue weighted by molar-refractivity contribution is 0.260. The summed E-state index contributed by atoms with van der Waals surface area (Å²) in [6, 6.07) is 8.15. The summed E-state index contributed by atoms with van der Waals surface area (Å²) in [5.41, 5.74) is 3.76. The van der Waals surface area contributed by atoms with Crippen molar-refractivity contribution >= 4 is 22.5 Å². The molecule has 0 spiro atoms. The van der Waals surface area contributed by atoms with Gasteiger partial charge in [-0.05, 0) is 39.2 Å². The zero-order chi connectivity index (χ0) is 25.5. The molecule has 0 aliphatic carbocycles. The first-order chi connectivity index (χ1) is 18.0. The number of anilines is 2. The number of likely N-dealkylation sites (N-methyl/N-ethyl adjacent to an activating group) is 1. The van der Waals surface area contributed by atoms with Crippen molar-refractivity contribution in [2.45, 2.75) is 25.9 Å². The molecule has 1 atom stereocenters. The molecule has 37 heavy (non-hydrogen) atoms. The van der Waals surface area contributed by atoms with Crippen molar-refractivity contribution in [1.82, 2.24) is 44.0 Å². The minimum atomic E-state index is 0.0883. The molecule has 1 aliphatic rings. The lowest BCUT2D eigenvalue weighted by atomic mass is 10.2. The molecule has 5 aromatic rings. The van der Waals surface area contributed by atoms with Crippen LogP contribution in [0.5, 0.6) is 5.88 Å². The molecule has 1 N–H and O–H groups in total. The van der Waals surface area contributed by atoms with E-state index in [1.807, 2.05) is 25.4 Å². The molecule has 0 aromatic carbocycles. The summed E-state index contributed by atoms with van der Waals surface area (Å²) in [7, 11) is 6.03. The van der Waals surface area contributed by atoms with Crippen molar-refractivity contribution < 1.29 is 4.74 Å². The molecular formula is C26H30N10O. The number of ether oxygens (including phenoxy) is 1. The smallest absolute Gasteiger partial charge is 0.222 e. The molecule has 6 heterocycles. The van der Waals surface area contributed by atoms with Gasteiger partial charge in [0.15, 0.2) is 5.82 Å². The lowest BCUT2D eigenvalue weighted by Gasteiger charge is -2.16. The Morgan fingerprint density at radius 2 is 2.05 bits per heavy atom. The van der Waals surface area contributed by atoms with Gasteiger partial charge in [0, 0.05) is 56.6 Å². The summed E-state index contributed by atoms with van der Waals surface area (Å²) in [5, 5.41) is 13.8. The summed E-state index contributed by atoms with van der Waals surface area (Å²) >= 11 is 0. The van der Waals surface area contributed by atoms with Gasteiger partial charge in [0.25, 0.3) is 0 Å². The van der Waals surface area contributed by atoms with Gasteiger partial charge in [0.2, 0.25) is 5.88 Å². The van der Waals surface area contributed by atoms with E-state index in [0.717, 1.165) is 47.4 Å². The van der Waals surface area contributed by atoms with Crippen LogP contribution in [0.1, 0.15) is 19.4 Å². The predicted octanol–water partition coefficient (Wildman–Crippen LogP) is 3.74. The number of nitrogens with zero attached hydrogens (tertiary/aromatic N) is 9. The maximum absolute atomic E-state index is 6.21. The maximum atomic E-state index is 6.21. The quantitative estimate of drug-likeness (QED) is 0.400. The Labute approximate surface area is 214 Å². The number of rotatable bonds is 4. The summed E-state index contributed by atoms with van der Waals surface area (Å²) in [4.78, 5) is 16.1. The maximum Gasteiger partial charge on any atom is 0.222 e. The highest BCUT2D eigenvalue weighted by Gasteiger charge is 2.21. The van der Waals surface area contributed by atoms with Crippen molar-refractivity contribution in [2.24, 2.45) is 7.05 Å². The van der Waals surface area contributed by atoms with Crippen LogP contribution in [0.4, 0.5) is 11.6 Å². The third-order valence-electron chi connectivity index (χ3n) is 6.68. The van der Waals surface area contributed by atoms with Gasteiger partial charge in [-0.1, -0.05) is 0 Å². The molecule has 190 valence electrons. The first kappa shape index (κ1) is 23.2. The van der Waals surface area contributed by atoms with Gasteiger partial charge in [-0.25, -0.2) is 19.6 Å². The molecule has 0 saturated heterocycles. The van der Waals surface area contributed by atoms with E-state index in [-0.39, 0.29) is 6.04 Å². The van der Waals surface area contributed by atoms with Crippen LogP contribution in [0.15, 0.2) is 49.1 Å². The monoisotopic (exact) mass is 498 g/mol. The highest BCUT2D eigenvalue weighted by atomic mass is 16.5. The van der Waals surface area contributed by atoms with Gasteiger partial charge < -0.3 is 19.5 Å². The zero-order valence-corrected chi connectivity index (χ0v) is 21.5. The molecule has 11 heteroatoms. The normalized spacial score (nSPS) is 15.4. The van der Waals surface area contributed by atoms with Gasteiger partial charge in [-0.15, -0.1) is 0 Å². The SMILES string of the molecule is CC1CCOc2c(cnn2C)-c2nccc(n2)Nc2cc3c(cn2)c(-c2cccn2CCN(C)C)nn31. The fraction of sp³-hybridized carbons (Fsp3) is 0.346. The standard InChI is InChI=1S/C26H30N10O/c1-17-8-13-37-26-19(16-29-34(26)4)25-27-9-7-22(31-25)30-23-14-21-18(15-28-23)24(32-36(17)21)20-6-5-10-35(20)12-11-33(2)3/h5-7,9-10,14-17H,8,11-13H2,1-4H3,(H,27,28,30,31). The number of hydrogen-bond acceptors (Lipinski definition) is 8. The van der Waals surface area contributed by atoms with Gasteiger partial charge in [0.1, 0.15) is 22.9 Å². The van der Waals surface area contributed by atoms with Gasteiger partial charge in [-0.3, -0.25) is 4.68 Å². The predicted molar refractivity (Wildman–Crippen MR) is 142 cm³/mol. The molecule has 4 bridgehead atoms. The second kappa shape index (κ2) is 9.32. The molecule has 1 unspecified atom stereocenters. The topological polar surface area (TPSA) is 104 Å². The Kier molecular flexibility index (Phi) is 5.84. The number of fused-ring (bicyclic) bond motifs is 5. The second-order valence-electron chi connectivity index (χ2n) is 9.63. The first-order valence-corrected chi connectivity index (χ1v) is 12.4. The first-order valence-electron chi connectivity index (χ1n) is 12.4. The van der Waals surface area contributed by atoms with E-state index in [9.17, 15) is 0 Å². The van der Waals surface area contributed by atoms with E-state index in [4.69, 9.17) is 19.8 Å². The van der Waals surface area contributed by atoms with Crippen molar-refractivity contribution in [2.75, 3.05) is 32.6 Å². The van der Waals surface area contributed by atoms with Crippen LogP contribution in [-0.4, -0.2) is 71.2 Å². The molecule has 11 nitrogen and oxygen atoms in total. The zero-order valence-electron chi connectivity index (χ0n) is 21.5. The third kappa shape index (κ3) is 4.31. The van der Waals surface area contributed by atoms with Crippen molar-refractivity contribution in [3.05, 3.63) is 49.1 Å². The molecular weight excluding hydrogens is 468 g/mol. The van der Waals surface area contributed by atoms with Crippen molar-refractivity contribution in [3.8, 4) is 28.7 Å². The lowest BCUT2D eigenvalue weighted by Crippen LogP contribution is -2.18. The summed E-state index contributed by atoms with van der Waals surface area (Å²) in [5.74, 6) is 2.52. The molecule has 0 fully saturated rings. The van der Waals surface area contributed by atoms with E-state index in [0.29, 0.717) is 29.9 Å². The number of hydrogen-bond donors (Lipinski definition) is 1. The number of aryl methyl sites for hydroxylation is 1. The van der Waals surface area contributed by atoms with E-state index in [2.05, 4.69) is 68.9 Å². The molecule has 0 radical (unpaired) electrons. The largest absolute Gasteiger partial charge is 0.477 e. The summed E-state index contributed by atoms with van der Waals surface area (Å²) in [6.45, 7) is 4.49. The Hall–Kier alpha value is -4.25. The van der Waals surface area contributed by atoms with Gasteiger partial charge in [0.05, 0.1) is 30.1 Å². The summed E-state index contributed by atoms with van der Waals surface area (Å²) in [6.07, 6.45) is 8.22. The minimum absolute atomic E-state index is 0.0883. The Morgan fingerprint density at radius 3 is 2.92 bits per heavy atom. The molecule has 0 saturated carbocycles. The molecule has 6 rings (SSSR count). The number of aromatic nitrogens is 8. The Morgan fingerprint density at radius 1 is 1.16 bits per heavy atom. The number of nitrogens with one attached hydrogen (secondary N) is 1. The van der Waals surface area contributed by atoms with Crippen LogP contribution >= 0.6 is 0 Å². The average molecular weight is 499 g/mol. The van der Waals surface area contributed by atoms with E-state index in [1.165, 1.54) is 0 Å². The second-order valence-corrected chi connectivity index (χ2v) is 9.63. The van der Waals surface area contributed by atoms with Gasteiger partial charge >= 0.3 is 0 Å². The van der Waals surface area contributed by atoms with Crippen LogP contribution in [0, 0.1) is 0 Å². The highest BCUT2D eigenvalue weighted by molar-refractivity contribution is 5.93. The fourth-order valence-corrected chi connectivity index (χ4v) is 4.65. The molecule has 0 amide bonds. The number of pyridine rings is 1. The van der Waals surface area contributed by atoms with E-state index >= 15 is 0 Å². The molecule has 5 aromatic heterocycles. The Bertz CT molecular complexity index is 1560. The van der Waals surface area contributed by atoms with E-state index < -0.39 is 0 Å². The van der Waals surface area contributed by atoms with Crippen LogP contribution in [0.2, 0.25) is 0 Å². The highest BCUT2D eigenvalue weighted by Crippen LogP contribution is 2.33. The Balaban J connectivity index is 1.46. The minimum Gasteiger partial charge on any atom is -0.477 e. The average Bonchev–Trinajstić information content (AvgIpc) is 3.59.